The van der Waals surface area contributed by atoms with Crippen molar-refractivity contribution in [1.29, 1.82) is 0 Å². The molecule has 2 N–H and O–H groups in total. The maximum absolute atomic E-state index is 12.2. The number of hydrogen-bond donors (Lipinski definition) is 2. The molecule has 0 aromatic heterocycles. The average molecular weight is 427 g/mol. The van der Waals surface area contributed by atoms with Crippen molar-refractivity contribution in [2.24, 2.45) is 0 Å². The lowest BCUT2D eigenvalue weighted by Crippen LogP contribution is -2.45. The number of halogens is 1. The van der Waals surface area contributed by atoms with Crippen molar-refractivity contribution in [1.82, 2.24) is 10.6 Å². The van der Waals surface area contributed by atoms with Gasteiger partial charge in [0.1, 0.15) is 0 Å². The van der Waals surface area contributed by atoms with Gasteiger partial charge in [0.05, 0.1) is 36.4 Å². The third kappa shape index (κ3) is 4.30. The SMILES string of the molecule is CCCOc1c(Br)cc(C2NC(=O)NC(C)=C2C(=O)OC)cc1OCC. The zero-order chi connectivity index (χ0) is 19.3. The molecule has 1 unspecified atom stereocenters. The highest BCUT2D eigenvalue weighted by molar-refractivity contribution is 9.10. The van der Waals surface area contributed by atoms with E-state index in [-0.39, 0.29) is 6.03 Å². The van der Waals surface area contributed by atoms with Gasteiger partial charge in [-0.1, -0.05) is 6.92 Å². The number of carbonyl (C=O) groups is 2. The van der Waals surface area contributed by atoms with Crippen LogP contribution in [0.2, 0.25) is 0 Å². The van der Waals surface area contributed by atoms with E-state index in [9.17, 15) is 9.59 Å². The quantitative estimate of drug-likeness (QED) is 0.652. The Bertz CT molecular complexity index is 733. The first-order chi connectivity index (χ1) is 12.4. The second-order valence-electron chi connectivity index (χ2n) is 5.67. The smallest absolute Gasteiger partial charge is 0.337 e. The van der Waals surface area contributed by atoms with Gasteiger partial charge < -0.3 is 24.8 Å². The summed E-state index contributed by atoms with van der Waals surface area (Å²) in [7, 11) is 1.30. The standard InChI is InChI=1S/C18H23BrN2O5/c1-5-7-26-16-12(19)8-11(9-13(16)25-6-2)15-14(17(22)24-4)10(3)20-18(23)21-15/h8-9,15H,5-7H2,1-4H3,(H2,20,21,23). The number of urea groups is 1. The molecular weight excluding hydrogens is 404 g/mol. The summed E-state index contributed by atoms with van der Waals surface area (Å²) in [6, 6.07) is 2.53. The zero-order valence-corrected chi connectivity index (χ0v) is 16.9. The number of esters is 1. The molecule has 1 aliphatic heterocycles. The van der Waals surface area contributed by atoms with E-state index in [0.717, 1.165) is 6.42 Å². The van der Waals surface area contributed by atoms with Crippen molar-refractivity contribution < 1.29 is 23.8 Å². The van der Waals surface area contributed by atoms with Crippen molar-refractivity contribution in [3.63, 3.8) is 0 Å². The summed E-state index contributed by atoms with van der Waals surface area (Å²) in [5.41, 5.74) is 1.47. The fourth-order valence-electron chi connectivity index (χ4n) is 2.69. The first-order valence-corrected chi connectivity index (χ1v) is 9.17. The van der Waals surface area contributed by atoms with Crippen LogP contribution >= 0.6 is 15.9 Å². The molecule has 1 aromatic rings. The van der Waals surface area contributed by atoms with E-state index < -0.39 is 12.0 Å². The molecule has 0 aliphatic carbocycles. The van der Waals surface area contributed by atoms with Crippen molar-refractivity contribution in [2.45, 2.75) is 33.2 Å². The number of benzene rings is 1. The Hall–Kier alpha value is -2.22. The van der Waals surface area contributed by atoms with Crippen molar-refractivity contribution in [2.75, 3.05) is 20.3 Å². The predicted octanol–water partition coefficient (Wildman–Crippen LogP) is 3.44. The second-order valence-corrected chi connectivity index (χ2v) is 6.53. The minimum absolute atomic E-state index is 0.337. The first-order valence-electron chi connectivity index (χ1n) is 8.38. The molecule has 1 atom stereocenters. The summed E-state index contributed by atoms with van der Waals surface area (Å²) < 4.78 is 17.0. The number of allylic oxidation sites excluding steroid dienone is 1. The molecule has 0 radical (unpaired) electrons. The van der Waals surface area contributed by atoms with Gasteiger partial charge in [-0.15, -0.1) is 0 Å². The van der Waals surface area contributed by atoms with Gasteiger partial charge in [-0.25, -0.2) is 9.59 Å². The van der Waals surface area contributed by atoms with E-state index >= 15 is 0 Å². The molecule has 1 heterocycles. The van der Waals surface area contributed by atoms with Crippen molar-refractivity contribution in [3.05, 3.63) is 33.4 Å². The van der Waals surface area contributed by atoms with Crippen LogP contribution in [-0.4, -0.2) is 32.3 Å². The van der Waals surface area contributed by atoms with Crippen LogP contribution in [0.3, 0.4) is 0 Å². The van der Waals surface area contributed by atoms with Gasteiger partial charge in [-0.2, -0.15) is 0 Å². The maximum Gasteiger partial charge on any atom is 0.337 e. The molecule has 8 heteroatoms. The summed E-state index contributed by atoms with van der Waals surface area (Å²) in [6.07, 6.45) is 0.860. The molecule has 0 fully saturated rings. The van der Waals surface area contributed by atoms with Crippen LogP contribution in [0.15, 0.2) is 27.9 Å². The summed E-state index contributed by atoms with van der Waals surface area (Å²) in [5, 5.41) is 5.36. The Balaban J connectivity index is 2.53. The highest BCUT2D eigenvalue weighted by Crippen LogP contribution is 2.40. The number of nitrogens with one attached hydrogen (secondary N) is 2. The lowest BCUT2D eigenvalue weighted by atomic mass is 9.95. The fourth-order valence-corrected chi connectivity index (χ4v) is 3.26. The molecule has 7 nitrogen and oxygen atoms in total. The third-order valence-corrected chi connectivity index (χ3v) is 4.38. The number of methoxy groups -OCH3 is 1. The number of carbonyl (C=O) groups excluding carboxylic acids is 2. The van der Waals surface area contributed by atoms with Crippen LogP contribution in [0.5, 0.6) is 11.5 Å². The van der Waals surface area contributed by atoms with E-state index in [0.29, 0.717) is 46.0 Å². The van der Waals surface area contributed by atoms with Crippen molar-refractivity contribution in [3.8, 4) is 11.5 Å². The Labute approximate surface area is 161 Å². The minimum atomic E-state index is -0.660. The van der Waals surface area contributed by atoms with Crippen LogP contribution in [0.25, 0.3) is 0 Å². The normalized spacial score (nSPS) is 16.7. The number of rotatable bonds is 7. The van der Waals surface area contributed by atoms with Crippen LogP contribution in [0.4, 0.5) is 4.79 Å². The van der Waals surface area contributed by atoms with Crippen LogP contribution in [0, 0.1) is 0 Å². The van der Waals surface area contributed by atoms with E-state index in [1.54, 1.807) is 19.1 Å². The molecule has 1 aliphatic rings. The third-order valence-electron chi connectivity index (χ3n) is 3.79. The summed E-state index contributed by atoms with van der Waals surface area (Å²) in [4.78, 5) is 24.2. The molecule has 2 amide bonds. The average Bonchev–Trinajstić information content (AvgIpc) is 2.60. The molecule has 1 aromatic carbocycles. The molecule has 2 rings (SSSR count). The Morgan fingerprint density at radius 3 is 2.62 bits per heavy atom. The van der Waals surface area contributed by atoms with Gasteiger partial charge in [0.15, 0.2) is 11.5 Å². The monoisotopic (exact) mass is 426 g/mol. The van der Waals surface area contributed by atoms with Gasteiger partial charge >= 0.3 is 12.0 Å². The van der Waals surface area contributed by atoms with Gasteiger partial charge in [0.2, 0.25) is 0 Å². The van der Waals surface area contributed by atoms with E-state index in [1.807, 2.05) is 13.8 Å². The lowest BCUT2D eigenvalue weighted by molar-refractivity contribution is -0.136. The number of hydrogen-bond acceptors (Lipinski definition) is 5. The summed E-state index contributed by atoms with van der Waals surface area (Å²) in [5.74, 6) is 0.624. The van der Waals surface area contributed by atoms with Crippen LogP contribution in [0.1, 0.15) is 38.8 Å². The molecular formula is C18H23BrN2O5. The highest BCUT2D eigenvalue weighted by atomic mass is 79.9. The molecule has 0 saturated heterocycles. The van der Waals surface area contributed by atoms with Gasteiger partial charge in [-0.3, -0.25) is 0 Å². The second kappa shape index (κ2) is 8.93. The Kier molecular flexibility index (Phi) is 6.90. The fraction of sp³-hybridized carbons (Fsp3) is 0.444. The molecule has 26 heavy (non-hydrogen) atoms. The van der Waals surface area contributed by atoms with Gasteiger partial charge in [0.25, 0.3) is 0 Å². The lowest BCUT2D eigenvalue weighted by Gasteiger charge is -2.28. The maximum atomic E-state index is 12.2. The first kappa shape index (κ1) is 20.1. The van der Waals surface area contributed by atoms with Gasteiger partial charge in [-0.05, 0) is 53.9 Å². The minimum Gasteiger partial charge on any atom is -0.490 e. The van der Waals surface area contributed by atoms with E-state index in [4.69, 9.17) is 14.2 Å². The van der Waals surface area contributed by atoms with E-state index in [1.165, 1.54) is 7.11 Å². The van der Waals surface area contributed by atoms with E-state index in [2.05, 4.69) is 26.6 Å². The Morgan fingerprint density at radius 1 is 1.27 bits per heavy atom. The molecule has 0 saturated carbocycles. The number of amides is 2. The zero-order valence-electron chi connectivity index (χ0n) is 15.3. The Morgan fingerprint density at radius 2 is 2.00 bits per heavy atom. The van der Waals surface area contributed by atoms with Crippen LogP contribution < -0.4 is 20.1 Å². The largest absolute Gasteiger partial charge is 0.490 e. The summed E-state index contributed by atoms with van der Waals surface area (Å²) in [6.45, 7) is 6.56. The van der Waals surface area contributed by atoms with Gasteiger partial charge in [0, 0.05) is 5.70 Å². The predicted molar refractivity (Wildman–Crippen MR) is 100 cm³/mol. The van der Waals surface area contributed by atoms with Crippen LogP contribution in [-0.2, 0) is 9.53 Å². The highest BCUT2D eigenvalue weighted by Gasteiger charge is 2.33. The summed E-state index contributed by atoms with van der Waals surface area (Å²) >= 11 is 3.50. The van der Waals surface area contributed by atoms with Crippen molar-refractivity contribution >= 4 is 27.9 Å². The molecule has 0 bridgehead atoms. The topological polar surface area (TPSA) is 85.9 Å². The number of ether oxygens (including phenoxy) is 3. The molecule has 142 valence electrons. The molecule has 0 spiro atoms.